The highest BCUT2D eigenvalue weighted by molar-refractivity contribution is 6.31. The molecule has 2 aromatic heterocycles. The average Bonchev–Trinajstić information content (AvgIpc) is 2.96. The number of amides is 1. The SMILES string of the molecule is O=C(Cc1ccccc1Cl)NCCn1c(C(F)(F)F)nc2cccnc21. The molecule has 3 aromatic rings. The minimum atomic E-state index is -4.61. The van der Waals surface area contributed by atoms with Crippen molar-refractivity contribution in [3.63, 3.8) is 0 Å². The van der Waals surface area contributed by atoms with Gasteiger partial charge in [0.25, 0.3) is 0 Å². The van der Waals surface area contributed by atoms with E-state index in [4.69, 9.17) is 11.6 Å². The molecule has 3 rings (SSSR count). The van der Waals surface area contributed by atoms with Crippen molar-refractivity contribution in [2.45, 2.75) is 19.1 Å². The summed E-state index contributed by atoms with van der Waals surface area (Å²) < 4.78 is 40.5. The van der Waals surface area contributed by atoms with Crippen molar-refractivity contribution in [1.29, 1.82) is 0 Å². The fraction of sp³-hybridized carbons (Fsp3) is 0.235. The van der Waals surface area contributed by atoms with Crippen molar-refractivity contribution in [1.82, 2.24) is 19.9 Å². The number of imidazole rings is 1. The average molecular weight is 383 g/mol. The van der Waals surface area contributed by atoms with Gasteiger partial charge in [-0.1, -0.05) is 29.8 Å². The van der Waals surface area contributed by atoms with Crippen molar-refractivity contribution in [3.8, 4) is 0 Å². The minimum absolute atomic E-state index is 0.00833. The van der Waals surface area contributed by atoms with E-state index in [1.165, 1.54) is 18.3 Å². The molecule has 26 heavy (non-hydrogen) atoms. The van der Waals surface area contributed by atoms with Gasteiger partial charge in [-0.3, -0.25) is 4.79 Å². The maximum absolute atomic E-state index is 13.2. The quantitative estimate of drug-likeness (QED) is 0.735. The van der Waals surface area contributed by atoms with E-state index >= 15 is 0 Å². The number of alkyl halides is 3. The maximum Gasteiger partial charge on any atom is 0.449 e. The molecule has 0 atom stereocenters. The molecule has 1 amide bonds. The summed E-state index contributed by atoms with van der Waals surface area (Å²) in [4.78, 5) is 19.6. The number of carbonyl (C=O) groups is 1. The number of carbonyl (C=O) groups excluding carboxylic acids is 1. The molecule has 0 spiro atoms. The Balaban J connectivity index is 1.70. The fourth-order valence-corrected chi connectivity index (χ4v) is 2.77. The van der Waals surface area contributed by atoms with Gasteiger partial charge >= 0.3 is 6.18 Å². The summed E-state index contributed by atoms with van der Waals surface area (Å²) in [6.45, 7) is -0.0922. The topological polar surface area (TPSA) is 59.8 Å². The summed E-state index contributed by atoms with van der Waals surface area (Å²) in [5, 5.41) is 3.06. The lowest BCUT2D eigenvalue weighted by Crippen LogP contribution is -2.29. The third-order valence-electron chi connectivity index (χ3n) is 3.72. The van der Waals surface area contributed by atoms with Gasteiger partial charge in [0.15, 0.2) is 5.65 Å². The summed E-state index contributed by atoms with van der Waals surface area (Å²) in [6.07, 6.45) is -3.16. The number of halogens is 4. The summed E-state index contributed by atoms with van der Waals surface area (Å²) in [5.41, 5.74) is 0.930. The number of benzene rings is 1. The lowest BCUT2D eigenvalue weighted by atomic mass is 10.1. The molecule has 0 saturated carbocycles. The van der Waals surface area contributed by atoms with E-state index in [0.717, 1.165) is 4.57 Å². The van der Waals surface area contributed by atoms with E-state index in [0.29, 0.717) is 10.6 Å². The first-order valence-electron chi connectivity index (χ1n) is 7.75. The largest absolute Gasteiger partial charge is 0.449 e. The van der Waals surface area contributed by atoms with Gasteiger partial charge in [-0.25, -0.2) is 9.97 Å². The summed E-state index contributed by atoms with van der Waals surface area (Å²) in [7, 11) is 0. The van der Waals surface area contributed by atoms with Gasteiger partial charge in [-0.15, -0.1) is 0 Å². The fourth-order valence-electron chi connectivity index (χ4n) is 2.57. The van der Waals surface area contributed by atoms with Gasteiger partial charge in [0.1, 0.15) is 5.52 Å². The first-order chi connectivity index (χ1) is 12.4. The number of hydrogen-bond acceptors (Lipinski definition) is 3. The van der Waals surface area contributed by atoms with Crippen molar-refractivity contribution < 1.29 is 18.0 Å². The number of fused-ring (bicyclic) bond motifs is 1. The molecular formula is C17H14ClF3N4O. The molecule has 0 unspecified atom stereocenters. The number of hydrogen-bond donors (Lipinski definition) is 1. The van der Waals surface area contributed by atoms with Crippen LogP contribution in [-0.2, 0) is 23.9 Å². The van der Waals surface area contributed by atoms with Gasteiger partial charge in [-0.05, 0) is 23.8 Å². The van der Waals surface area contributed by atoms with Crippen LogP contribution >= 0.6 is 11.6 Å². The first kappa shape index (κ1) is 18.2. The van der Waals surface area contributed by atoms with E-state index in [1.54, 1.807) is 24.3 Å². The second-order valence-corrected chi connectivity index (χ2v) is 5.96. The van der Waals surface area contributed by atoms with Gasteiger partial charge in [-0.2, -0.15) is 13.2 Å². The third-order valence-corrected chi connectivity index (χ3v) is 4.09. The number of nitrogens with zero attached hydrogens (tertiary/aromatic N) is 3. The zero-order valence-corrected chi connectivity index (χ0v) is 14.2. The van der Waals surface area contributed by atoms with Gasteiger partial charge < -0.3 is 9.88 Å². The Hall–Kier alpha value is -2.61. The van der Waals surface area contributed by atoms with Gasteiger partial charge in [0.05, 0.1) is 6.42 Å². The summed E-state index contributed by atoms with van der Waals surface area (Å²) in [5.74, 6) is -1.37. The van der Waals surface area contributed by atoms with E-state index in [1.807, 2.05) is 0 Å². The van der Waals surface area contributed by atoms with Crippen LogP contribution in [0.4, 0.5) is 13.2 Å². The van der Waals surface area contributed by atoms with Crippen LogP contribution in [0.15, 0.2) is 42.6 Å². The number of rotatable bonds is 5. The van der Waals surface area contributed by atoms with E-state index in [2.05, 4.69) is 15.3 Å². The van der Waals surface area contributed by atoms with Crippen molar-refractivity contribution in [3.05, 3.63) is 59.0 Å². The van der Waals surface area contributed by atoms with Crippen molar-refractivity contribution in [2.24, 2.45) is 0 Å². The first-order valence-corrected chi connectivity index (χ1v) is 8.12. The molecule has 2 heterocycles. The smallest absolute Gasteiger partial charge is 0.354 e. The lowest BCUT2D eigenvalue weighted by Gasteiger charge is -2.12. The molecule has 0 radical (unpaired) electrons. The third kappa shape index (κ3) is 3.96. The van der Waals surface area contributed by atoms with Gasteiger partial charge in [0.2, 0.25) is 11.7 Å². The number of pyridine rings is 1. The predicted octanol–water partition coefficient (Wildman–Crippen LogP) is 3.46. The molecule has 136 valence electrons. The van der Waals surface area contributed by atoms with Crippen LogP contribution in [0.25, 0.3) is 11.2 Å². The molecule has 0 saturated heterocycles. The zero-order chi connectivity index (χ0) is 18.7. The molecule has 0 aliphatic heterocycles. The highest BCUT2D eigenvalue weighted by atomic mass is 35.5. The monoisotopic (exact) mass is 382 g/mol. The molecule has 1 aromatic carbocycles. The van der Waals surface area contributed by atoms with E-state index in [9.17, 15) is 18.0 Å². The Morgan fingerprint density at radius 3 is 2.69 bits per heavy atom. The lowest BCUT2D eigenvalue weighted by molar-refractivity contribution is -0.146. The summed E-state index contributed by atoms with van der Waals surface area (Å²) in [6, 6.07) is 9.88. The van der Waals surface area contributed by atoms with E-state index in [-0.39, 0.29) is 36.6 Å². The highest BCUT2D eigenvalue weighted by Crippen LogP contribution is 2.30. The van der Waals surface area contributed by atoms with Crippen LogP contribution in [0, 0.1) is 0 Å². The van der Waals surface area contributed by atoms with E-state index < -0.39 is 12.0 Å². The molecule has 5 nitrogen and oxygen atoms in total. The molecule has 9 heteroatoms. The Bertz CT molecular complexity index is 939. The Morgan fingerprint density at radius 1 is 1.19 bits per heavy atom. The van der Waals surface area contributed by atoms with Crippen LogP contribution in [0.2, 0.25) is 5.02 Å². The minimum Gasteiger partial charge on any atom is -0.354 e. The van der Waals surface area contributed by atoms with Crippen LogP contribution in [-0.4, -0.2) is 27.0 Å². The molecule has 0 aliphatic rings. The normalized spacial score (nSPS) is 11.7. The summed E-state index contributed by atoms with van der Waals surface area (Å²) >= 11 is 5.99. The highest BCUT2D eigenvalue weighted by Gasteiger charge is 2.37. The van der Waals surface area contributed by atoms with Gasteiger partial charge in [0, 0.05) is 24.3 Å². The number of aromatic nitrogens is 3. The van der Waals surface area contributed by atoms with Crippen molar-refractivity contribution >= 4 is 28.7 Å². The molecule has 1 N–H and O–H groups in total. The molecule has 0 aliphatic carbocycles. The maximum atomic E-state index is 13.2. The van der Waals surface area contributed by atoms with Crippen LogP contribution in [0.3, 0.4) is 0 Å². The Labute approximate surface area is 151 Å². The van der Waals surface area contributed by atoms with Crippen molar-refractivity contribution in [2.75, 3.05) is 6.54 Å². The molecule has 0 fully saturated rings. The second kappa shape index (κ2) is 7.33. The molecule has 0 bridgehead atoms. The predicted molar refractivity (Wildman–Crippen MR) is 90.7 cm³/mol. The number of nitrogens with one attached hydrogen (secondary N) is 1. The van der Waals surface area contributed by atoms with Crippen LogP contribution < -0.4 is 5.32 Å². The standard InChI is InChI=1S/C17H14ClF3N4O/c18-12-5-2-1-4-11(12)10-14(26)22-8-9-25-15-13(6-3-7-23-15)24-16(25)17(19,20)21/h1-7H,8-10H2,(H,22,26). The van der Waals surface area contributed by atoms with Crippen LogP contribution in [0.5, 0.6) is 0 Å². The van der Waals surface area contributed by atoms with Crippen LogP contribution in [0.1, 0.15) is 11.4 Å². The second-order valence-electron chi connectivity index (χ2n) is 5.55. The molecular weight excluding hydrogens is 369 g/mol. The zero-order valence-electron chi connectivity index (χ0n) is 13.4. The Kier molecular flexibility index (Phi) is 5.13. The Morgan fingerprint density at radius 2 is 1.96 bits per heavy atom.